The van der Waals surface area contributed by atoms with Gasteiger partial charge in [0.2, 0.25) is 0 Å². The molecule has 0 heterocycles. The van der Waals surface area contributed by atoms with Crippen LogP contribution in [0.1, 0.15) is 0 Å². The van der Waals surface area contributed by atoms with E-state index in [2.05, 4.69) is 0 Å². The van der Waals surface area contributed by atoms with E-state index in [9.17, 15) is 0 Å². The number of rotatable bonds is 0. The first-order valence-corrected chi connectivity index (χ1v) is 2.24. The van der Waals surface area contributed by atoms with Gasteiger partial charge in [0, 0.05) is 0 Å². The summed E-state index contributed by atoms with van der Waals surface area (Å²) in [6.07, 6.45) is 0. The molecule has 0 unspecified atom stereocenters. The van der Waals surface area contributed by atoms with Crippen LogP contribution < -0.4 is 119 Å². The molecule has 0 spiro atoms. The third-order valence-corrected chi connectivity index (χ3v) is 0. The van der Waals surface area contributed by atoms with Gasteiger partial charge in [0.1, 0.15) is 0 Å². The maximum atomic E-state index is 8.66. The first kappa shape index (κ1) is 29.3. The van der Waals surface area contributed by atoms with Crippen LogP contribution >= 0.6 is 20.2 Å². The van der Waals surface area contributed by atoms with Gasteiger partial charge in [-0.25, -0.2) is 0 Å². The fourth-order valence-electron chi connectivity index (χ4n) is 0. The summed E-state index contributed by atoms with van der Waals surface area (Å²) in [5.41, 5.74) is 0. The van der Waals surface area contributed by atoms with Gasteiger partial charge in [-0.05, 0) is 0 Å². The van der Waals surface area contributed by atoms with Crippen LogP contribution in [0.25, 0.3) is 0 Å². The first-order chi connectivity index (χ1) is 2.00. The Hall–Kier alpha value is 3.63. The van der Waals surface area contributed by atoms with Crippen LogP contribution in [-0.4, -0.2) is 4.89 Å². The molecule has 0 aliphatic rings. The minimum absolute atomic E-state index is 0. The van der Waals surface area contributed by atoms with E-state index >= 15 is 0 Å². The van der Waals surface area contributed by atoms with Gasteiger partial charge >= 0.3 is 103 Å². The van der Waals surface area contributed by atoms with E-state index in [1.54, 1.807) is 0 Å². The molecule has 48 valence electrons. The standard InChI is InChI=1S/ClH.2K.H3N.H3O4P/c;;;;1-5(2,3)4/h1H;;;1H3;(H3,1,2,3,4)/q;2*+1;;/p-2. The average Bonchev–Trinajstić information content (AvgIpc) is 0.722. The normalized spacial score (nSPS) is 6.56. The summed E-state index contributed by atoms with van der Waals surface area (Å²) in [7, 11) is -5.14. The summed E-state index contributed by atoms with van der Waals surface area (Å²) in [5.74, 6) is 0. The molecule has 0 aromatic heterocycles. The maximum Gasteiger partial charge on any atom is 1.00 e. The molecule has 0 aliphatic heterocycles. The van der Waals surface area contributed by atoms with Crippen molar-refractivity contribution in [3.8, 4) is 0 Å². The number of halogens is 1. The Balaban J connectivity index is -0.0000000133. The SMILES string of the molecule is Cl.N.O=P([O-])([O-])O.[K+].[K+]. The van der Waals surface area contributed by atoms with E-state index in [4.69, 9.17) is 19.2 Å². The fourth-order valence-corrected chi connectivity index (χ4v) is 0. The zero-order valence-corrected chi connectivity index (χ0v) is 13.2. The van der Waals surface area contributed by atoms with Crippen molar-refractivity contribution in [3.63, 3.8) is 0 Å². The number of hydrogen-bond donors (Lipinski definition) is 2. The van der Waals surface area contributed by atoms with Crippen molar-refractivity contribution in [3.05, 3.63) is 0 Å². The smallest absolute Gasteiger partial charge is 0.790 e. The molecule has 0 rings (SSSR count). The molecule has 5 nitrogen and oxygen atoms in total. The van der Waals surface area contributed by atoms with E-state index in [1.165, 1.54) is 0 Å². The zero-order valence-electron chi connectivity index (χ0n) is 5.23. The summed E-state index contributed by atoms with van der Waals surface area (Å²) >= 11 is 0. The molecule has 0 bridgehead atoms. The van der Waals surface area contributed by atoms with Gasteiger partial charge in [-0.2, -0.15) is 0 Å². The van der Waals surface area contributed by atoms with Crippen LogP contribution in [0, 0.1) is 0 Å². The molecule has 0 amide bonds. The first-order valence-electron chi connectivity index (χ1n) is 0.748. The largest absolute Gasteiger partial charge is 1.00 e. The second kappa shape index (κ2) is 14.2. The molecule has 0 radical (unpaired) electrons. The van der Waals surface area contributed by atoms with E-state index in [0.29, 0.717) is 0 Å². The molecule has 0 aromatic carbocycles. The maximum absolute atomic E-state index is 8.66. The Kier molecular flexibility index (Phi) is 46.2. The van der Waals surface area contributed by atoms with E-state index in [1.807, 2.05) is 0 Å². The minimum atomic E-state index is -5.14. The molecule has 9 heavy (non-hydrogen) atoms. The minimum Gasteiger partial charge on any atom is -0.790 e. The summed E-state index contributed by atoms with van der Waals surface area (Å²) in [6.45, 7) is 0. The predicted octanol–water partition coefficient (Wildman–Crippen LogP) is -7.60. The van der Waals surface area contributed by atoms with Crippen molar-refractivity contribution in [2.75, 3.05) is 0 Å². The summed E-state index contributed by atoms with van der Waals surface area (Å²) in [5, 5.41) is 0. The van der Waals surface area contributed by atoms with E-state index in [-0.39, 0.29) is 121 Å². The van der Waals surface area contributed by atoms with Gasteiger partial charge in [-0.1, -0.05) is 0 Å². The van der Waals surface area contributed by atoms with Gasteiger partial charge in [0.25, 0.3) is 0 Å². The van der Waals surface area contributed by atoms with Crippen molar-refractivity contribution >= 4 is 20.2 Å². The summed E-state index contributed by atoms with van der Waals surface area (Å²) in [6, 6.07) is 0. The molecule has 0 saturated heterocycles. The van der Waals surface area contributed by atoms with Crippen LogP contribution in [0.15, 0.2) is 0 Å². The Morgan fingerprint density at radius 3 is 1.22 bits per heavy atom. The Bertz CT molecular complexity index is 64.7. The number of phosphoric acid groups is 1. The molecule has 0 atom stereocenters. The fraction of sp³-hybridized carbons (Fsp3) is 0. The van der Waals surface area contributed by atoms with Crippen molar-refractivity contribution < 1.29 is 122 Å². The summed E-state index contributed by atoms with van der Waals surface area (Å²) in [4.78, 5) is 24.3. The van der Waals surface area contributed by atoms with Crippen LogP contribution in [0.2, 0.25) is 0 Å². The van der Waals surface area contributed by atoms with Crippen LogP contribution in [0.3, 0.4) is 0 Å². The quantitative estimate of drug-likeness (QED) is 0.315. The van der Waals surface area contributed by atoms with Gasteiger partial charge in [-0.15, -0.1) is 12.4 Å². The topological polar surface area (TPSA) is 118 Å². The Morgan fingerprint density at radius 2 is 1.22 bits per heavy atom. The summed E-state index contributed by atoms with van der Waals surface area (Å²) < 4.78 is 8.66. The second-order valence-electron chi connectivity index (χ2n) is 0.469. The van der Waals surface area contributed by atoms with Gasteiger partial charge in [-0.3, -0.25) is 0 Å². The molecule has 4 N–H and O–H groups in total. The molecule has 0 aliphatic carbocycles. The third-order valence-electron chi connectivity index (χ3n) is 0. The average molecular weight is 228 g/mol. The molecular weight excluding hydrogens is 223 g/mol. The van der Waals surface area contributed by atoms with Crippen molar-refractivity contribution in [1.82, 2.24) is 6.15 Å². The van der Waals surface area contributed by atoms with Gasteiger partial charge < -0.3 is 25.4 Å². The monoisotopic (exact) mass is 227 g/mol. The molecule has 0 fully saturated rings. The molecule has 0 aromatic rings. The van der Waals surface area contributed by atoms with Crippen LogP contribution in [0.4, 0.5) is 0 Å². The van der Waals surface area contributed by atoms with E-state index in [0.717, 1.165) is 0 Å². The predicted molar refractivity (Wildman–Crippen MR) is 22.1 cm³/mol. The van der Waals surface area contributed by atoms with Crippen LogP contribution in [0.5, 0.6) is 0 Å². The van der Waals surface area contributed by atoms with Gasteiger partial charge in [0.05, 0.1) is 7.82 Å². The molecule has 0 saturated carbocycles. The van der Waals surface area contributed by atoms with Crippen molar-refractivity contribution in [2.24, 2.45) is 0 Å². The van der Waals surface area contributed by atoms with Crippen LogP contribution in [-0.2, 0) is 4.57 Å². The zero-order chi connectivity index (χ0) is 4.50. The Labute approximate surface area is 144 Å². The third kappa shape index (κ3) is 81.8. The Morgan fingerprint density at radius 1 is 1.22 bits per heavy atom. The van der Waals surface area contributed by atoms with Gasteiger partial charge in [0.15, 0.2) is 0 Å². The van der Waals surface area contributed by atoms with Crippen molar-refractivity contribution in [1.29, 1.82) is 0 Å². The van der Waals surface area contributed by atoms with E-state index < -0.39 is 7.82 Å². The molecule has 9 heteroatoms. The second-order valence-corrected chi connectivity index (χ2v) is 1.41. The van der Waals surface area contributed by atoms with Crippen molar-refractivity contribution in [2.45, 2.75) is 0 Å². The number of hydrogen-bond acceptors (Lipinski definition) is 4. The molecular formula is H5ClK2NO4P.